The minimum absolute atomic E-state index is 0.767. The summed E-state index contributed by atoms with van der Waals surface area (Å²) in [5.74, 6) is 0.978. The van der Waals surface area contributed by atoms with Crippen molar-refractivity contribution in [2.75, 3.05) is 0 Å². The first-order valence-corrected chi connectivity index (χ1v) is 4.69. The van der Waals surface area contributed by atoms with Crippen LogP contribution in [0.4, 0.5) is 0 Å². The molecule has 1 atom stereocenters. The van der Waals surface area contributed by atoms with Gasteiger partial charge in [-0.3, -0.25) is 0 Å². The Morgan fingerprint density at radius 1 is 1.56 bits per heavy atom. The molecule has 53 valence electrons. The van der Waals surface area contributed by atoms with Gasteiger partial charge in [0.15, 0.2) is 0 Å². The van der Waals surface area contributed by atoms with Crippen molar-refractivity contribution in [3.8, 4) is 0 Å². The van der Waals surface area contributed by atoms with E-state index in [1.165, 1.54) is 25.7 Å². The highest BCUT2D eigenvalue weighted by atomic mass is 79.9. The molecule has 0 amide bonds. The first-order chi connectivity index (χ1) is 4.34. The van der Waals surface area contributed by atoms with Crippen molar-refractivity contribution >= 4 is 15.9 Å². The highest BCUT2D eigenvalue weighted by Gasteiger charge is 2.23. The normalized spacial score (nSPS) is 23.3. The van der Waals surface area contributed by atoms with Crippen molar-refractivity contribution in [3.05, 3.63) is 6.92 Å². The van der Waals surface area contributed by atoms with E-state index in [9.17, 15) is 0 Å². The van der Waals surface area contributed by atoms with E-state index in [4.69, 9.17) is 0 Å². The first kappa shape index (κ1) is 7.59. The van der Waals surface area contributed by atoms with Crippen molar-refractivity contribution in [2.24, 2.45) is 5.92 Å². The number of hydrogen-bond donors (Lipinski definition) is 0. The molecule has 0 aromatic heterocycles. The molecule has 0 saturated heterocycles. The van der Waals surface area contributed by atoms with E-state index in [-0.39, 0.29) is 0 Å². The van der Waals surface area contributed by atoms with Gasteiger partial charge in [0.25, 0.3) is 0 Å². The highest BCUT2D eigenvalue weighted by Crippen LogP contribution is 2.35. The smallest absolute Gasteiger partial charge is 0.0174 e. The fourth-order valence-corrected chi connectivity index (χ4v) is 2.08. The highest BCUT2D eigenvalue weighted by molar-refractivity contribution is 9.09. The van der Waals surface area contributed by atoms with Crippen LogP contribution >= 0.6 is 15.9 Å². The summed E-state index contributed by atoms with van der Waals surface area (Å²) in [6.07, 6.45) is 6.66. The van der Waals surface area contributed by atoms with E-state index in [1.807, 2.05) is 0 Å². The molecule has 1 rings (SSSR count). The number of halogens is 1. The third kappa shape index (κ3) is 1.96. The molecule has 1 fully saturated rings. The molecule has 0 bridgehead atoms. The van der Waals surface area contributed by atoms with E-state index in [0.717, 1.165) is 17.2 Å². The van der Waals surface area contributed by atoms with Gasteiger partial charge in [-0.15, -0.1) is 0 Å². The van der Waals surface area contributed by atoms with Gasteiger partial charge in [-0.25, -0.2) is 0 Å². The van der Waals surface area contributed by atoms with E-state index >= 15 is 0 Å². The molecule has 1 saturated carbocycles. The third-order valence-corrected chi connectivity index (χ3v) is 3.35. The zero-order valence-corrected chi connectivity index (χ0v) is 7.36. The van der Waals surface area contributed by atoms with E-state index in [0.29, 0.717) is 0 Å². The molecule has 1 aliphatic carbocycles. The maximum absolute atomic E-state index is 3.84. The molecule has 0 N–H and O–H groups in total. The van der Waals surface area contributed by atoms with Gasteiger partial charge >= 0.3 is 0 Å². The third-order valence-electron chi connectivity index (χ3n) is 2.14. The summed E-state index contributed by atoms with van der Waals surface area (Å²) in [5.41, 5.74) is 0. The molecule has 0 aromatic rings. The monoisotopic (exact) mass is 189 g/mol. The minimum atomic E-state index is 0.767. The Balaban J connectivity index is 2.08. The van der Waals surface area contributed by atoms with Crippen LogP contribution in [-0.4, -0.2) is 4.83 Å². The predicted octanol–water partition coefficient (Wildman–Crippen LogP) is 3.16. The second-order valence-corrected chi connectivity index (χ2v) is 4.03. The molecule has 0 spiro atoms. The summed E-state index contributed by atoms with van der Waals surface area (Å²) in [7, 11) is 0. The number of alkyl halides is 1. The Morgan fingerprint density at radius 3 is 2.56 bits per heavy atom. The first-order valence-electron chi connectivity index (χ1n) is 3.78. The molecule has 0 aromatic carbocycles. The standard InChI is InChI=1S/C8H14Br/c1-2-4-8(9)7-5-3-6-7/h7-8H,1-6H2. The summed E-state index contributed by atoms with van der Waals surface area (Å²) in [6, 6.07) is 0. The van der Waals surface area contributed by atoms with Crippen molar-refractivity contribution in [1.82, 2.24) is 0 Å². The van der Waals surface area contributed by atoms with Crippen LogP contribution in [0.2, 0.25) is 0 Å². The van der Waals surface area contributed by atoms with Crippen LogP contribution < -0.4 is 0 Å². The average Bonchev–Trinajstić information content (AvgIpc) is 1.60. The molecule has 0 nitrogen and oxygen atoms in total. The molecule has 1 heteroatoms. The van der Waals surface area contributed by atoms with Gasteiger partial charge in [-0.1, -0.05) is 35.7 Å². The maximum atomic E-state index is 3.84. The lowest BCUT2D eigenvalue weighted by molar-refractivity contribution is 0.303. The van der Waals surface area contributed by atoms with E-state index in [2.05, 4.69) is 22.9 Å². The molecule has 1 aliphatic rings. The summed E-state index contributed by atoms with van der Waals surface area (Å²) in [5, 5.41) is 0. The Bertz CT molecular complexity index is 76.6. The summed E-state index contributed by atoms with van der Waals surface area (Å²) in [4.78, 5) is 0.767. The molecule has 1 unspecified atom stereocenters. The Kier molecular flexibility index (Phi) is 3.03. The van der Waals surface area contributed by atoms with Gasteiger partial charge in [0.05, 0.1) is 0 Å². The van der Waals surface area contributed by atoms with Crippen molar-refractivity contribution in [1.29, 1.82) is 0 Å². The molecule has 0 aliphatic heterocycles. The van der Waals surface area contributed by atoms with Gasteiger partial charge < -0.3 is 0 Å². The van der Waals surface area contributed by atoms with Crippen molar-refractivity contribution in [3.63, 3.8) is 0 Å². The SMILES string of the molecule is [CH2]CCC(Br)C1CCC1. The maximum Gasteiger partial charge on any atom is 0.0174 e. The van der Waals surface area contributed by atoms with Crippen LogP contribution in [0.3, 0.4) is 0 Å². The van der Waals surface area contributed by atoms with E-state index < -0.39 is 0 Å². The quantitative estimate of drug-likeness (QED) is 0.599. The molecule has 1 radical (unpaired) electrons. The lowest BCUT2D eigenvalue weighted by Crippen LogP contribution is -2.21. The molecular weight excluding hydrogens is 176 g/mol. The summed E-state index contributed by atoms with van der Waals surface area (Å²) < 4.78 is 0. The zero-order valence-electron chi connectivity index (χ0n) is 5.78. The van der Waals surface area contributed by atoms with Crippen LogP contribution in [0, 0.1) is 12.8 Å². The van der Waals surface area contributed by atoms with Gasteiger partial charge in [-0.05, 0) is 25.2 Å². The summed E-state index contributed by atoms with van der Waals surface area (Å²) in [6.45, 7) is 3.84. The van der Waals surface area contributed by atoms with Crippen LogP contribution in [0.5, 0.6) is 0 Å². The number of rotatable bonds is 3. The Labute approximate surface area is 66.2 Å². The second kappa shape index (κ2) is 3.60. The molecule has 0 heterocycles. The van der Waals surface area contributed by atoms with Crippen molar-refractivity contribution < 1.29 is 0 Å². The van der Waals surface area contributed by atoms with Gasteiger partial charge in [0.2, 0.25) is 0 Å². The topological polar surface area (TPSA) is 0 Å². The second-order valence-electron chi connectivity index (χ2n) is 2.85. The predicted molar refractivity (Wildman–Crippen MR) is 44.6 cm³/mol. The van der Waals surface area contributed by atoms with Gasteiger partial charge in [-0.2, -0.15) is 0 Å². The lowest BCUT2D eigenvalue weighted by atomic mass is 9.82. The fourth-order valence-electron chi connectivity index (χ4n) is 1.23. The Hall–Kier alpha value is 0.480. The minimum Gasteiger partial charge on any atom is -0.0888 e. The number of hydrogen-bond acceptors (Lipinski definition) is 0. The van der Waals surface area contributed by atoms with Gasteiger partial charge in [0.1, 0.15) is 0 Å². The summed E-state index contributed by atoms with van der Waals surface area (Å²) >= 11 is 3.67. The van der Waals surface area contributed by atoms with E-state index in [1.54, 1.807) is 0 Å². The van der Waals surface area contributed by atoms with Crippen LogP contribution in [0.15, 0.2) is 0 Å². The van der Waals surface area contributed by atoms with Gasteiger partial charge in [0, 0.05) is 4.83 Å². The zero-order chi connectivity index (χ0) is 6.69. The van der Waals surface area contributed by atoms with Crippen LogP contribution in [-0.2, 0) is 0 Å². The molecular formula is C8H14Br. The average molecular weight is 190 g/mol. The van der Waals surface area contributed by atoms with Crippen LogP contribution in [0.1, 0.15) is 32.1 Å². The molecule has 9 heavy (non-hydrogen) atoms. The van der Waals surface area contributed by atoms with Crippen molar-refractivity contribution in [2.45, 2.75) is 36.9 Å². The largest absolute Gasteiger partial charge is 0.0888 e. The Morgan fingerprint density at radius 2 is 2.22 bits per heavy atom. The fraction of sp³-hybridized carbons (Fsp3) is 0.875. The lowest BCUT2D eigenvalue weighted by Gasteiger charge is -2.29. The van der Waals surface area contributed by atoms with Crippen LogP contribution in [0.25, 0.3) is 0 Å².